The van der Waals surface area contributed by atoms with Crippen LogP contribution in [0, 0.1) is 5.92 Å². The highest BCUT2D eigenvalue weighted by atomic mass is 16.1. The van der Waals surface area contributed by atoms with Crippen LogP contribution in [0.4, 0.5) is 0 Å². The number of carbonyl (C=O) groups is 1. The van der Waals surface area contributed by atoms with E-state index in [4.69, 9.17) is 5.73 Å². The Morgan fingerprint density at radius 1 is 1.50 bits per heavy atom. The predicted molar refractivity (Wildman–Crippen MR) is 45.5 cm³/mol. The molecule has 4 heteroatoms. The van der Waals surface area contributed by atoms with Crippen molar-refractivity contribution in [2.75, 3.05) is 13.1 Å². The molecule has 2 aliphatic rings. The van der Waals surface area contributed by atoms with E-state index in [1.807, 2.05) is 0 Å². The molecule has 68 valence electrons. The van der Waals surface area contributed by atoms with Gasteiger partial charge in [-0.3, -0.25) is 4.79 Å². The lowest BCUT2D eigenvalue weighted by atomic mass is 9.92. The smallest absolute Gasteiger partial charge is 0.234 e. The first-order chi connectivity index (χ1) is 5.77. The largest absolute Gasteiger partial charge is 0.368 e. The summed E-state index contributed by atoms with van der Waals surface area (Å²) in [4.78, 5) is 10.9. The summed E-state index contributed by atoms with van der Waals surface area (Å²) in [6.07, 6.45) is 2.10. The zero-order valence-electron chi connectivity index (χ0n) is 7.05. The normalized spacial score (nSPS) is 40.8. The first-order valence-corrected chi connectivity index (χ1v) is 4.53. The van der Waals surface area contributed by atoms with Gasteiger partial charge in [-0.2, -0.15) is 0 Å². The molecule has 1 amide bonds. The third kappa shape index (κ3) is 1.32. The number of piperidine rings is 1. The molecule has 0 aromatic rings. The van der Waals surface area contributed by atoms with Crippen LogP contribution in [0.2, 0.25) is 0 Å². The Balaban J connectivity index is 1.98. The number of primary amides is 1. The molecule has 12 heavy (non-hydrogen) atoms. The molecule has 0 aromatic heterocycles. The molecule has 0 saturated carbocycles. The molecule has 2 fully saturated rings. The van der Waals surface area contributed by atoms with Crippen LogP contribution in [-0.4, -0.2) is 31.1 Å². The van der Waals surface area contributed by atoms with Crippen LogP contribution < -0.4 is 16.4 Å². The summed E-state index contributed by atoms with van der Waals surface area (Å²) in [5.41, 5.74) is 5.23. The average molecular weight is 169 g/mol. The number of fused-ring (bicyclic) bond motifs is 1. The highest BCUT2D eigenvalue weighted by Crippen LogP contribution is 2.25. The zero-order valence-corrected chi connectivity index (χ0v) is 7.05. The Morgan fingerprint density at radius 3 is 3.00 bits per heavy atom. The second-order valence-electron chi connectivity index (χ2n) is 3.72. The minimum atomic E-state index is -0.204. The van der Waals surface area contributed by atoms with Gasteiger partial charge in [0.05, 0.1) is 6.04 Å². The molecule has 0 aromatic carbocycles. The fraction of sp³-hybridized carbons (Fsp3) is 0.875. The SMILES string of the molecule is NC(=O)C1CC2CCNCC2N1. The molecule has 2 aliphatic heterocycles. The minimum Gasteiger partial charge on any atom is -0.368 e. The van der Waals surface area contributed by atoms with Gasteiger partial charge in [-0.05, 0) is 25.3 Å². The maximum absolute atomic E-state index is 10.9. The fourth-order valence-electron chi connectivity index (χ4n) is 2.22. The number of hydrogen-bond acceptors (Lipinski definition) is 3. The van der Waals surface area contributed by atoms with Crippen LogP contribution in [0.15, 0.2) is 0 Å². The molecule has 0 aliphatic carbocycles. The predicted octanol–water partition coefficient (Wildman–Crippen LogP) is -1.19. The summed E-state index contributed by atoms with van der Waals surface area (Å²) in [5.74, 6) is 0.452. The fourth-order valence-corrected chi connectivity index (χ4v) is 2.22. The topological polar surface area (TPSA) is 67.2 Å². The third-order valence-electron chi connectivity index (χ3n) is 2.92. The first kappa shape index (κ1) is 8.01. The van der Waals surface area contributed by atoms with Gasteiger partial charge in [-0.15, -0.1) is 0 Å². The molecule has 4 N–H and O–H groups in total. The molecular formula is C8H15N3O. The average Bonchev–Trinajstić information content (AvgIpc) is 2.46. The van der Waals surface area contributed by atoms with Crippen LogP contribution in [0.1, 0.15) is 12.8 Å². The molecule has 2 rings (SSSR count). The summed E-state index contributed by atoms with van der Waals surface area (Å²) >= 11 is 0. The van der Waals surface area contributed by atoms with Gasteiger partial charge in [0.15, 0.2) is 0 Å². The molecule has 0 radical (unpaired) electrons. The van der Waals surface area contributed by atoms with E-state index in [0.717, 1.165) is 19.5 Å². The lowest BCUT2D eigenvalue weighted by Crippen LogP contribution is -2.46. The van der Waals surface area contributed by atoms with Crippen molar-refractivity contribution in [3.8, 4) is 0 Å². The maximum atomic E-state index is 10.9. The molecule has 2 saturated heterocycles. The van der Waals surface area contributed by atoms with E-state index in [2.05, 4.69) is 10.6 Å². The highest BCUT2D eigenvalue weighted by molar-refractivity contribution is 5.80. The maximum Gasteiger partial charge on any atom is 0.234 e. The lowest BCUT2D eigenvalue weighted by Gasteiger charge is -2.25. The second-order valence-corrected chi connectivity index (χ2v) is 3.72. The minimum absolute atomic E-state index is 0.0834. The van der Waals surface area contributed by atoms with Gasteiger partial charge >= 0.3 is 0 Å². The number of nitrogens with two attached hydrogens (primary N) is 1. The van der Waals surface area contributed by atoms with E-state index in [1.54, 1.807) is 0 Å². The van der Waals surface area contributed by atoms with Gasteiger partial charge in [0.1, 0.15) is 0 Å². The van der Waals surface area contributed by atoms with Crippen molar-refractivity contribution in [2.45, 2.75) is 24.9 Å². The van der Waals surface area contributed by atoms with E-state index in [-0.39, 0.29) is 11.9 Å². The Hall–Kier alpha value is -0.610. The van der Waals surface area contributed by atoms with Crippen LogP contribution in [0.5, 0.6) is 0 Å². The molecule has 3 unspecified atom stereocenters. The van der Waals surface area contributed by atoms with Crippen molar-refractivity contribution in [3.05, 3.63) is 0 Å². The number of amides is 1. The summed E-state index contributed by atoms with van der Waals surface area (Å²) in [6.45, 7) is 2.06. The standard InChI is InChI=1S/C8H15N3O/c9-8(12)6-3-5-1-2-10-4-7(5)11-6/h5-7,10-11H,1-4H2,(H2,9,12). The number of rotatable bonds is 1. The van der Waals surface area contributed by atoms with E-state index < -0.39 is 0 Å². The molecule has 4 nitrogen and oxygen atoms in total. The van der Waals surface area contributed by atoms with Gasteiger partial charge < -0.3 is 16.4 Å². The summed E-state index contributed by atoms with van der Waals surface area (Å²) in [7, 11) is 0. The zero-order chi connectivity index (χ0) is 8.55. The Labute approximate surface area is 71.9 Å². The van der Waals surface area contributed by atoms with Crippen molar-refractivity contribution >= 4 is 5.91 Å². The molecular weight excluding hydrogens is 154 g/mol. The van der Waals surface area contributed by atoms with Crippen LogP contribution >= 0.6 is 0 Å². The van der Waals surface area contributed by atoms with Crippen LogP contribution in [0.3, 0.4) is 0 Å². The Kier molecular flexibility index (Phi) is 2.02. The third-order valence-corrected chi connectivity index (χ3v) is 2.92. The van der Waals surface area contributed by atoms with E-state index in [1.165, 1.54) is 6.42 Å². The number of hydrogen-bond donors (Lipinski definition) is 3. The van der Waals surface area contributed by atoms with Crippen molar-refractivity contribution in [2.24, 2.45) is 11.7 Å². The quantitative estimate of drug-likeness (QED) is 0.462. The van der Waals surface area contributed by atoms with E-state index in [0.29, 0.717) is 12.0 Å². The van der Waals surface area contributed by atoms with E-state index in [9.17, 15) is 4.79 Å². The van der Waals surface area contributed by atoms with Crippen LogP contribution in [-0.2, 0) is 4.79 Å². The highest BCUT2D eigenvalue weighted by Gasteiger charge is 2.37. The van der Waals surface area contributed by atoms with Gasteiger partial charge in [0.2, 0.25) is 5.91 Å². The van der Waals surface area contributed by atoms with E-state index >= 15 is 0 Å². The van der Waals surface area contributed by atoms with Crippen LogP contribution in [0.25, 0.3) is 0 Å². The lowest BCUT2D eigenvalue weighted by molar-refractivity contribution is -0.119. The van der Waals surface area contributed by atoms with Crippen molar-refractivity contribution in [1.82, 2.24) is 10.6 Å². The summed E-state index contributed by atoms with van der Waals surface area (Å²) in [6, 6.07) is 0.385. The monoisotopic (exact) mass is 169 g/mol. The Bertz CT molecular complexity index is 181. The van der Waals surface area contributed by atoms with Gasteiger partial charge in [-0.25, -0.2) is 0 Å². The summed E-state index contributed by atoms with van der Waals surface area (Å²) < 4.78 is 0. The Morgan fingerprint density at radius 2 is 2.33 bits per heavy atom. The van der Waals surface area contributed by atoms with Crippen molar-refractivity contribution in [1.29, 1.82) is 0 Å². The summed E-state index contributed by atoms with van der Waals surface area (Å²) in [5, 5.41) is 6.56. The number of carbonyl (C=O) groups excluding carboxylic acids is 1. The molecule has 0 spiro atoms. The number of nitrogens with one attached hydrogen (secondary N) is 2. The second kappa shape index (κ2) is 3.03. The van der Waals surface area contributed by atoms with Gasteiger partial charge in [0.25, 0.3) is 0 Å². The van der Waals surface area contributed by atoms with Gasteiger partial charge in [0, 0.05) is 12.6 Å². The molecule has 3 atom stereocenters. The molecule has 2 heterocycles. The van der Waals surface area contributed by atoms with Crippen molar-refractivity contribution < 1.29 is 4.79 Å². The first-order valence-electron chi connectivity index (χ1n) is 4.53. The van der Waals surface area contributed by atoms with Gasteiger partial charge in [-0.1, -0.05) is 0 Å². The molecule has 0 bridgehead atoms. The van der Waals surface area contributed by atoms with Crippen molar-refractivity contribution in [3.63, 3.8) is 0 Å².